The fourth-order valence-electron chi connectivity index (χ4n) is 1.66. The van der Waals surface area contributed by atoms with Gasteiger partial charge in [0.25, 0.3) is 0 Å². The molecule has 2 rings (SSSR count). The number of carbonyl (C=O) groups is 2. The number of hydrogen-bond acceptors (Lipinski definition) is 2. The predicted octanol–water partition coefficient (Wildman–Crippen LogP) is 1.15. The zero-order valence-electron chi connectivity index (χ0n) is 10.8. The number of urea groups is 1. The molecule has 0 saturated heterocycles. The largest absolute Gasteiger partial charge is 0.353 e. The van der Waals surface area contributed by atoms with Crippen LogP contribution < -0.4 is 16.0 Å². The van der Waals surface area contributed by atoms with Crippen LogP contribution in [0.1, 0.15) is 24.8 Å². The van der Waals surface area contributed by atoms with E-state index in [1.54, 1.807) is 0 Å². The molecule has 1 aromatic carbocycles. The van der Waals surface area contributed by atoms with Crippen LogP contribution in [0.5, 0.6) is 0 Å². The van der Waals surface area contributed by atoms with Crippen molar-refractivity contribution in [1.29, 1.82) is 0 Å². The van der Waals surface area contributed by atoms with E-state index < -0.39 is 0 Å². The summed E-state index contributed by atoms with van der Waals surface area (Å²) in [6.45, 7) is 0.847. The Morgan fingerprint density at radius 3 is 2.53 bits per heavy atom. The minimum Gasteiger partial charge on any atom is -0.353 e. The summed E-state index contributed by atoms with van der Waals surface area (Å²) in [5.74, 6) is 0.00543. The molecule has 1 aromatic rings. The molecular formula is C14H19N3O2. The van der Waals surface area contributed by atoms with Crippen molar-refractivity contribution in [3.05, 3.63) is 35.9 Å². The molecule has 0 aliphatic heterocycles. The number of benzene rings is 1. The first-order valence-electron chi connectivity index (χ1n) is 6.59. The van der Waals surface area contributed by atoms with Crippen LogP contribution in [0.4, 0.5) is 4.79 Å². The van der Waals surface area contributed by atoms with Gasteiger partial charge in [-0.2, -0.15) is 0 Å². The van der Waals surface area contributed by atoms with Gasteiger partial charge in [0, 0.05) is 25.6 Å². The monoisotopic (exact) mass is 261 g/mol. The molecule has 0 aromatic heterocycles. The van der Waals surface area contributed by atoms with Gasteiger partial charge in [-0.3, -0.25) is 4.79 Å². The van der Waals surface area contributed by atoms with Gasteiger partial charge in [-0.25, -0.2) is 4.79 Å². The SMILES string of the molecule is O=C(CCNC(=O)NCc1ccccc1)NC1CC1. The molecule has 5 heteroatoms. The lowest BCUT2D eigenvalue weighted by atomic mass is 10.2. The second kappa shape index (κ2) is 6.78. The zero-order chi connectivity index (χ0) is 13.5. The molecule has 1 aliphatic carbocycles. The molecule has 1 fully saturated rings. The van der Waals surface area contributed by atoms with Gasteiger partial charge in [-0.05, 0) is 18.4 Å². The van der Waals surface area contributed by atoms with Gasteiger partial charge < -0.3 is 16.0 Å². The van der Waals surface area contributed by atoms with Gasteiger partial charge in [0.2, 0.25) is 5.91 Å². The Kier molecular flexibility index (Phi) is 4.78. The maximum atomic E-state index is 11.5. The Morgan fingerprint density at radius 1 is 1.11 bits per heavy atom. The van der Waals surface area contributed by atoms with Crippen LogP contribution in [-0.4, -0.2) is 24.5 Å². The predicted molar refractivity (Wildman–Crippen MR) is 72.5 cm³/mol. The number of nitrogens with one attached hydrogen (secondary N) is 3. The summed E-state index contributed by atoms with van der Waals surface area (Å²) in [7, 11) is 0. The van der Waals surface area contributed by atoms with Crippen molar-refractivity contribution in [2.24, 2.45) is 0 Å². The van der Waals surface area contributed by atoms with E-state index in [0.717, 1.165) is 18.4 Å². The van der Waals surface area contributed by atoms with Crippen molar-refractivity contribution in [1.82, 2.24) is 16.0 Å². The van der Waals surface area contributed by atoms with Crippen LogP contribution in [0, 0.1) is 0 Å². The summed E-state index contributed by atoms with van der Waals surface area (Å²) >= 11 is 0. The van der Waals surface area contributed by atoms with E-state index in [4.69, 9.17) is 0 Å². The van der Waals surface area contributed by atoms with Crippen LogP contribution in [-0.2, 0) is 11.3 Å². The maximum absolute atomic E-state index is 11.5. The summed E-state index contributed by atoms with van der Waals surface area (Å²) < 4.78 is 0. The molecule has 0 bridgehead atoms. The smallest absolute Gasteiger partial charge is 0.315 e. The van der Waals surface area contributed by atoms with Crippen molar-refractivity contribution in [3.63, 3.8) is 0 Å². The van der Waals surface area contributed by atoms with Gasteiger partial charge >= 0.3 is 6.03 Å². The van der Waals surface area contributed by atoms with E-state index in [0.29, 0.717) is 25.6 Å². The summed E-state index contributed by atoms with van der Waals surface area (Å²) in [6.07, 6.45) is 2.49. The molecule has 3 amide bonds. The second-order valence-electron chi connectivity index (χ2n) is 4.69. The molecule has 19 heavy (non-hydrogen) atoms. The lowest BCUT2D eigenvalue weighted by Crippen LogP contribution is -2.37. The van der Waals surface area contributed by atoms with Gasteiger partial charge in [-0.15, -0.1) is 0 Å². The summed E-state index contributed by atoms with van der Waals surface area (Å²) in [4.78, 5) is 22.8. The topological polar surface area (TPSA) is 70.2 Å². The fraction of sp³-hybridized carbons (Fsp3) is 0.429. The van der Waals surface area contributed by atoms with Crippen LogP contribution in [0.3, 0.4) is 0 Å². The van der Waals surface area contributed by atoms with Crippen LogP contribution in [0.25, 0.3) is 0 Å². The highest BCUT2D eigenvalue weighted by atomic mass is 16.2. The Morgan fingerprint density at radius 2 is 1.84 bits per heavy atom. The molecule has 0 radical (unpaired) electrons. The van der Waals surface area contributed by atoms with E-state index >= 15 is 0 Å². The van der Waals surface area contributed by atoms with Crippen LogP contribution in [0.15, 0.2) is 30.3 Å². The first kappa shape index (κ1) is 13.4. The second-order valence-corrected chi connectivity index (χ2v) is 4.69. The highest BCUT2D eigenvalue weighted by Gasteiger charge is 2.22. The molecule has 0 unspecified atom stereocenters. The van der Waals surface area contributed by atoms with Gasteiger partial charge in [0.15, 0.2) is 0 Å². The van der Waals surface area contributed by atoms with Crippen molar-refractivity contribution in [3.8, 4) is 0 Å². The Balaban J connectivity index is 1.55. The normalized spacial score (nSPS) is 13.7. The quantitative estimate of drug-likeness (QED) is 0.719. The summed E-state index contributed by atoms with van der Waals surface area (Å²) in [5.41, 5.74) is 1.05. The van der Waals surface area contributed by atoms with Gasteiger partial charge in [0.1, 0.15) is 0 Å². The minimum absolute atomic E-state index is 0.00543. The Hall–Kier alpha value is -2.04. The van der Waals surface area contributed by atoms with Crippen molar-refractivity contribution >= 4 is 11.9 Å². The number of amides is 3. The Labute approximate surface area is 112 Å². The van der Waals surface area contributed by atoms with Crippen molar-refractivity contribution in [2.45, 2.75) is 31.8 Å². The van der Waals surface area contributed by atoms with E-state index in [1.807, 2.05) is 30.3 Å². The first-order valence-corrected chi connectivity index (χ1v) is 6.59. The maximum Gasteiger partial charge on any atom is 0.315 e. The van der Waals surface area contributed by atoms with E-state index in [-0.39, 0.29) is 11.9 Å². The molecule has 1 saturated carbocycles. The van der Waals surface area contributed by atoms with E-state index in [9.17, 15) is 9.59 Å². The van der Waals surface area contributed by atoms with E-state index in [1.165, 1.54) is 0 Å². The Bertz CT molecular complexity index is 430. The number of carbonyl (C=O) groups excluding carboxylic acids is 2. The summed E-state index contributed by atoms with van der Waals surface area (Å²) in [6, 6.07) is 9.81. The van der Waals surface area contributed by atoms with Crippen molar-refractivity contribution in [2.75, 3.05) is 6.54 Å². The third kappa shape index (κ3) is 5.42. The van der Waals surface area contributed by atoms with Crippen LogP contribution >= 0.6 is 0 Å². The molecule has 0 atom stereocenters. The number of hydrogen-bond donors (Lipinski definition) is 3. The summed E-state index contributed by atoms with van der Waals surface area (Å²) in [5, 5.41) is 8.29. The highest BCUT2D eigenvalue weighted by molar-refractivity contribution is 5.78. The van der Waals surface area contributed by atoms with Crippen molar-refractivity contribution < 1.29 is 9.59 Å². The molecule has 1 aliphatic rings. The lowest BCUT2D eigenvalue weighted by molar-refractivity contribution is -0.121. The van der Waals surface area contributed by atoms with E-state index in [2.05, 4.69) is 16.0 Å². The molecule has 3 N–H and O–H groups in total. The molecular weight excluding hydrogens is 242 g/mol. The average molecular weight is 261 g/mol. The fourth-order valence-corrected chi connectivity index (χ4v) is 1.66. The first-order chi connectivity index (χ1) is 9.24. The molecule has 0 spiro atoms. The van der Waals surface area contributed by atoms with Gasteiger partial charge in [0.05, 0.1) is 0 Å². The molecule has 0 heterocycles. The third-order valence-electron chi connectivity index (χ3n) is 2.88. The minimum atomic E-state index is -0.247. The number of rotatable bonds is 6. The highest BCUT2D eigenvalue weighted by Crippen LogP contribution is 2.18. The molecule has 5 nitrogen and oxygen atoms in total. The lowest BCUT2D eigenvalue weighted by Gasteiger charge is -2.07. The molecule has 102 valence electrons. The average Bonchev–Trinajstić information content (AvgIpc) is 3.21. The third-order valence-corrected chi connectivity index (χ3v) is 2.88. The van der Waals surface area contributed by atoms with Gasteiger partial charge in [-0.1, -0.05) is 30.3 Å². The standard InChI is InChI=1S/C14H19N3O2/c18-13(17-12-6-7-12)8-9-15-14(19)16-10-11-4-2-1-3-5-11/h1-5,12H,6-10H2,(H,17,18)(H2,15,16,19). The zero-order valence-corrected chi connectivity index (χ0v) is 10.8. The van der Waals surface area contributed by atoms with Crippen LogP contribution in [0.2, 0.25) is 0 Å².